The Hall–Kier alpha value is -1.82. The Bertz CT molecular complexity index is 831. The summed E-state index contributed by atoms with van der Waals surface area (Å²) in [5.41, 5.74) is 1.56. The van der Waals surface area contributed by atoms with Crippen molar-refractivity contribution in [2.24, 2.45) is 4.99 Å². The van der Waals surface area contributed by atoms with Crippen molar-refractivity contribution in [2.75, 3.05) is 0 Å². The van der Waals surface area contributed by atoms with E-state index in [0.29, 0.717) is 11.6 Å². The van der Waals surface area contributed by atoms with E-state index < -0.39 is 0 Å². The van der Waals surface area contributed by atoms with Gasteiger partial charge in [0.15, 0.2) is 5.82 Å². The third-order valence-electron chi connectivity index (χ3n) is 4.86. The number of hydrogen-bond donors (Lipinski definition) is 1. The van der Waals surface area contributed by atoms with E-state index in [1.54, 1.807) is 23.9 Å². The standard InChI is InChI=1S/C18H20FN3OS/c1-11-20-17-15(16(24-11)12-7-9-13(19)10-8-12)18(23)21-22(17)14-5-3-2-4-6-14/h7-10,14,16H,2-6H2,1H3,(H,21,23). The number of aliphatic imine (C=N–C) groups is 1. The molecule has 6 heteroatoms. The van der Waals surface area contributed by atoms with Gasteiger partial charge in [0.2, 0.25) is 0 Å². The summed E-state index contributed by atoms with van der Waals surface area (Å²) in [6, 6.07) is 6.73. The van der Waals surface area contributed by atoms with Gasteiger partial charge in [-0.3, -0.25) is 14.6 Å². The van der Waals surface area contributed by atoms with Crippen molar-refractivity contribution in [1.82, 2.24) is 9.78 Å². The SMILES string of the molecule is CC1=Nc2c(c(=O)[nH]n2C2CCCCC2)C(c2ccc(F)cc2)S1. The van der Waals surface area contributed by atoms with Crippen LogP contribution in [-0.2, 0) is 0 Å². The van der Waals surface area contributed by atoms with Crippen LogP contribution in [0.15, 0.2) is 34.1 Å². The number of aromatic amines is 1. The molecule has 1 aliphatic heterocycles. The first-order chi connectivity index (χ1) is 11.6. The smallest absolute Gasteiger partial charge is 0.268 e. The van der Waals surface area contributed by atoms with Crippen molar-refractivity contribution in [3.8, 4) is 0 Å². The lowest BCUT2D eigenvalue weighted by molar-refractivity contribution is 0.331. The van der Waals surface area contributed by atoms with Gasteiger partial charge in [-0.05, 0) is 37.5 Å². The Kier molecular flexibility index (Phi) is 4.08. The van der Waals surface area contributed by atoms with Gasteiger partial charge < -0.3 is 0 Å². The van der Waals surface area contributed by atoms with Gasteiger partial charge >= 0.3 is 0 Å². The summed E-state index contributed by atoms with van der Waals surface area (Å²) in [4.78, 5) is 17.3. The van der Waals surface area contributed by atoms with Crippen molar-refractivity contribution in [1.29, 1.82) is 0 Å². The highest BCUT2D eigenvalue weighted by Gasteiger charge is 2.32. The van der Waals surface area contributed by atoms with Crippen molar-refractivity contribution < 1.29 is 4.39 Å². The summed E-state index contributed by atoms with van der Waals surface area (Å²) < 4.78 is 15.2. The van der Waals surface area contributed by atoms with Gasteiger partial charge in [0.1, 0.15) is 5.82 Å². The van der Waals surface area contributed by atoms with Crippen LogP contribution >= 0.6 is 11.8 Å². The number of hydrogen-bond acceptors (Lipinski definition) is 3. The molecule has 126 valence electrons. The maximum absolute atomic E-state index is 13.3. The molecule has 1 N–H and O–H groups in total. The summed E-state index contributed by atoms with van der Waals surface area (Å²) in [6.07, 6.45) is 5.82. The van der Waals surface area contributed by atoms with Crippen LogP contribution in [0, 0.1) is 5.82 Å². The number of rotatable bonds is 2. The number of nitrogens with zero attached hydrogens (tertiary/aromatic N) is 2. The van der Waals surface area contributed by atoms with Crippen LogP contribution in [0.5, 0.6) is 0 Å². The third kappa shape index (κ3) is 2.73. The van der Waals surface area contributed by atoms with Crippen LogP contribution in [0.3, 0.4) is 0 Å². The molecular formula is C18H20FN3OS. The van der Waals surface area contributed by atoms with Crippen LogP contribution < -0.4 is 5.56 Å². The first-order valence-corrected chi connectivity index (χ1v) is 9.33. The Labute approximate surface area is 144 Å². The molecule has 0 spiro atoms. The maximum Gasteiger partial charge on any atom is 0.271 e. The average molecular weight is 345 g/mol. The van der Waals surface area contributed by atoms with Crippen LogP contribution in [0.25, 0.3) is 0 Å². The fourth-order valence-electron chi connectivity index (χ4n) is 3.69. The van der Waals surface area contributed by atoms with E-state index in [1.165, 1.54) is 31.4 Å². The molecule has 1 fully saturated rings. The molecule has 4 nitrogen and oxygen atoms in total. The van der Waals surface area contributed by atoms with Gasteiger partial charge in [0, 0.05) is 0 Å². The molecule has 1 unspecified atom stereocenters. The van der Waals surface area contributed by atoms with Crippen LogP contribution in [0.1, 0.15) is 61.4 Å². The van der Waals surface area contributed by atoms with E-state index in [9.17, 15) is 9.18 Å². The molecule has 2 aliphatic rings. The molecule has 1 aliphatic carbocycles. The van der Waals surface area contributed by atoms with Gasteiger partial charge in [-0.2, -0.15) is 0 Å². The van der Waals surface area contributed by atoms with Crippen LogP contribution in [-0.4, -0.2) is 14.8 Å². The highest BCUT2D eigenvalue weighted by atomic mass is 32.2. The van der Waals surface area contributed by atoms with Gasteiger partial charge in [-0.25, -0.2) is 9.38 Å². The molecule has 2 aromatic rings. The quantitative estimate of drug-likeness (QED) is 0.857. The van der Waals surface area contributed by atoms with E-state index in [4.69, 9.17) is 0 Å². The summed E-state index contributed by atoms with van der Waals surface area (Å²) >= 11 is 1.56. The molecule has 0 radical (unpaired) electrons. The second-order valence-electron chi connectivity index (χ2n) is 6.52. The zero-order chi connectivity index (χ0) is 16.7. The molecule has 1 aromatic heterocycles. The number of aromatic nitrogens is 2. The third-order valence-corrected chi connectivity index (χ3v) is 6.04. The second-order valence-corrected chi connectivity index (χ2v) is 7.82. The zero-order valence-electron chi connectivity index (χ0n) is 13.6. The minimum Gasteiger partial charge on any atom is -0.268 e. The second kappa shape index (κ2) is 6.24. The normalized spacial score (nSPS) is 21.4. The highest BCUT2D eigenvalue weighted by Crippen LogP contribution is 2.45. The molecule has 24 heavy (non-hydrogen) atoms. The minimum atomic E-state index is -0.265. The van der Waals surface area contributed by atoms with E-state index >= 15 is 0 Å². The molecule has 0 amide bonds. The predicted molar refractivity (Wildman–Crippen MR) is 95.8 cm³/mol. The summed E-state index contributed by atoms with van der Waals surface area (Å²) in [7, 11) is 0. The lowest BCUT2D eigenvalue weighted by atomic mass is 9.95. The van der Waals surface area contributed by atoms with Crippen molar-refractivity contribution in [3.05, 3.63) is 51.6 Å². The first-order valence-electron chi connectivity index (χ1n) is 8.45. The summed E-state index contributed by atoms with van der Waals surface area (Å²) in [5.74, 6) is 0.497. The molecule has 4 rings (SSSR count). The van der Waals surface area contributed by atoms with E-state index in [2.05, 4.69) is 10.1 Å². The van der Waals surface area contributed by atoms with Gasteiger partial charge in [0.05, 0.1) is 21.9 Å². The van der Waals surface area contributed by atoms with Crippen LogP contribution in [0.4, 0.5) is 10.2 Å². The molecule has 1 aromatic carbocycles. The number of H-pyrrole nitrogens is 1. The molecule has 1 saturated carbocycles. The van der Waals surface area contributed by atoms with Crippen molar-refractivity contribution in [2.45, 2.75) is 50.3 Å². The number of fused-ring (bicyclic) bond motifs is 1. The Morgan fingerprint density at radius 1 is 1.21 bits per heavy atom. The topological polar surface area (TPSA) is 50.1 Å². The van der Waals surface area contributed by atoms with E-state index in [-0.39, 0.29) is 16.6 Å². The maximum atomic E-state index is 13.3. The number of benzene rings is 1. The molecule has 0 saturated heterocycles. The first kappa shape index (κ1) is 15.7. The lowest BCUT2D eigenvalue weighted by Crippen LogP contribution is -2.16. The van der Waals surface area contributed by atoms with E-state index in [0.717, 1.165) is 29.3 Å². The minimum absolute atomic E-state index is 0.0753. The Morgan fingerprint density at radius 2 is 1.92 bits per heavy atom. The Balaban J connectivity index is 1.80. The van der Waals surface area contributed by atoms with Gasteiger partial charge in [-0.15, -0.1) is 0 Å². The van der Waals surface area contributed by atoms with Gasteiger partial charge in [-0.1, -0.05) is 43.2 Å². The molecule has 0 bridgehead atoms. The largest absolute Gasteiger partial charge is 0.271 e. The average Bonchev–Trinajstić information content (AvgIpc) is 2.92. The van der Waals surface area contributed by atoms with Crippen molar-refractivity contribution >= 4 is 22.6 Å². The summed E-state index contributed by atoms with van der Waals surface area (Å²) in [6.45, 7) is 1.97. The fourth-order valence-corrected chi connectivity index (χ4v) is 4.79. The van der Waals surface area contributed by atoms with Crippen molar-refractivity contribution in [3.63, 3.8) is 0 Å². The van der Waals surface area contributed by atoms with Gasteiger partial charge in [0.25, 0.3) is 5.56 Å². The zero-order valence-corrected chi connectivity index (χ0v) is 14.4. The number of thioether (sulfide) groups is 1. The highest BCUT2D eigenvalue weighted by molar-refractivity contribution is 8.14. The lowest BCUT2D eigenvalue weighted by Gasteiger charge is -2.26. The van der Waals surface area contributed by atoms with Crippen LogP contribution in [0.2, 0.25) is 0 Å². The molecule has 2 heterocycles. The number of halogens is 1. The molecular weight excluding hydrogens is 325 g/mol. The monoisotopic (exact) mass is 345 g/mol. The Morgan fingerprint density at radius 3 is 2.62 bits per heavy atom. The fraction of sp³-hybridized carbons (Fsp3) is 0.444. The summed E-state index contributed by atoms with van der Waals surface area (Å²) in [5, 5.41) is 3.82. The predicted octanol–water partition coefficient (Wildman–Crippen LogP) is 4.71. The number of nitrogens with one attached hydrogen (secondary N) is 1. The molecule has 1 atom stereocenters. The van der Waals surface area contributed by atoms with E-state index in [1.807, 2.05) is 11.6 Å².